The van der Waals surface area contributed by atoms with E-state index in [0.717, 1.165) is 22.6 Å². The van der Waals surface area contributed by atoms with Crippen molar-refractivity contribution in [1.82, 2.24) is 9.78 Å². The Balaban J connectivity index is 1.98. The summed E-state index contributed by atoms with van der Waals surface area (Å²) in [5.74, 6) is 0.789. The Kier molecular flexibility index (Phi) is 4.24. The molecule has 0 unspecified atom stereocenters. The van der Waals surface area contributed by atoms with Gasteiger partial charge in [-0.2, -0.15) is 5.10 Å². The number of ether oxygens (including phenoxy) is 1. The molecule has 3 rings (SSSR count). The Labute approximate surface area is 135 Å². The van der Waals surface area contributed by atoms with Crippen molar-refractivity contribution >= 4 is 5.78 Å². The van der Waals surface area contributed by atoms with Gasteiger partial charge in [-0.15, -0.1) is 0 Å². The van der Waals surface area contributed by atoms with Crippen molar-refractivity contribution in [1.29, 1.82) is 0 Å². The van der Waals surface area contributed by atoms with E-state index in [9.17, 15) is 4.79 Å². The molecule has 0 saturated carbocycles. The van der Waals surface area contributed by atoms with Crippen LogP contribution in [0.3, 0.4) is 0 Å². The topological polar surface area (TPSA) is 44.1 Å². The minimum atomic E-state index is -0.0318. The summed E-state index contributed by atoms with van der Waals surface area (Å²) in [6.45, 7) is 2.14. The van der Waals surface area contributed by atoms with Crippen molar-refractivity contribution < 1.29 is 9.53 Å². The third-order valence-corrected chi connectivity index (χ3v) is 3.70. The largest absolute Gasteiger partial charge is 0.497 e. The molecule has 3 aromatic rings. The highest BCUT2D eigenvalue weighted by molar-refractivity contribution is 5.93. The molecule has 0 aliphatic rings. The molecule has 0 aliphatic carbocycles. The van der Waals surface area contributed by atoms with Crippen LogP contribution in [-0.4, -0.2) is 22.7 Å². The van der Waals surface area contributed by atoms with Crippen LogP contribution in [0.1, 0.15) is 23.0 Å². The molecule has 0 bridgehead atoms. The van der Waals surface area contributed by atoms with Gasteiger partial charge in [0, 0.05) is 6.92 Å². The number of hydrogen-bond acceptors (Lipinski definition) is 3. The first kappa shape index (κ1) is 15.0. The van der Waals surface area contributed by atoms with E-state index in [1.165, 1.54) is 6.92 Å². The highest BCUT2D eigenvalue weighted by Crippen LogP contribution is 2.22. The van der Waals surface area contributed by atoms with Crippen LogP contribution in [0.4, 0.5) is 0 Å². The van der Waals surface area contributed by atoms with E-state index >= 15 is 0 Å². The van der Waals surface area contributed by atoms with Gasteiger partial charge in [0.05, 0.1) is 19.3 Å². The maximum atomic E-state index is 11.7. The fourth-order valence-corrected chi connectivity index (χ4v) is 2.45. The zero-order valence-corrected chi connectivity index (χ0v) is 13.2. The maximum absolute atomic E-state index is 11.7. The highest BCUT2D eigenvalue weighted by Gasteiger charge is 2.13. The van der Waals surface area contributed by atoms with Crippen LogP contribution in [0.15, 0.2) is 60.7 Å². The van der Waals surface area contributed by atoms with Crippen LogP contribution in [0, 0.1) is 0 Å². The van der Waals surface area contributed by atoms with Gasteiger partial charge in [-0.3, -0.25) is 9.48 Å². The van der Waals surface area contributed by atoms with Gasteiger partial charge in [-0.25, -0.2) is 0 Å². The minimum Gasteiger partial charge on any atom is -0.497 e. The van der Waals surface area contributed by atoms with Crippen molar-refractivity contribution in [3.05, 3.63) is 71.9 Å². The molecule has 0 aliphatic heterocycles. The third kappa shape index (κ3) is 3.31. The van der Waals surface area contributed by atoms with Crippen molar-refractivity contribution in [3.8, 4) is 17.0 Å². The van der Waals surface area contributed by atoms with E-state index in [2.05, 4.69) is 5.10 Å². The monoisotopic (exact) mass is 306 g/mol. The first-order valence-corrected chi connectivity index (χ1v) is 7.44. The Morgan fingerprint density at radius 1 is 1.09 bits per heavy atom. The number of methoxy groups -OCH3 is 1. The Hall–Kier alpha value is -2.88. The van der Waals surface area contributed by atoms with Crippen LogP contribution in [0.25, 0.3) is 11.3 Å². The van der Waals surface area contributed by atoms with Gasteiger partial charge in [0.1, 0.15) is 11.4 Å². The van der Waals surface area contributed by atoms with Crippen LogP contribution >= 0.6 is 0 Å². The summed E-state index contributed by atoms with van der Waals surface area (Å²) in [6.07, 6.45) is 0. The molecule has 0 amide bonds. The van der Waals surface area contributed by atoms with E-state index in [-0.39, 0.29) is 5.78 Å². The Bertz CT molecular complexity index is 805. The van der Waals surface area contributed by atoms with Crippen molar-refractivity contribution in [2.75, 3.05) is 7.11 Å². The van der Waals surface area contributed by atoms with Crippen LogP contribution in [0.5, 0.6) is 5.75 Å². The Morgan fingerprint density at radius 2 is 1.78 bits per heavy atom. The molecule has 0 radical (unpaired) electrons. The predicted octanol–water partition coefficient (Wildman–Crippen LogP) is 3.81. The molecular formula is C19H18N2O2. The second-order valence-electron chi connectivity index (χ2n) is 5.34. The number of nitrogens with zero attached hydrogens (tertiary/aromatic N) is 2. The van der Waals surface area contributed by atoms with Crippen LogP contribution < -0.4 is 4.74 Å². The maximum Gasteiger partial charge on any atom is 0.180 e. The average Bonchev–Trinajstić information content (AvgIpc) is 3.00. The average molecular weight is 306 g/mol. The number of ketones is 1. The number of carbonyl (C=O) groups is 1. The smallest absolute Gasteiger partial charge is 0.180 e. The van der Waals surface area contributed by atoms with Gasteiger partial charge in [0.2, 0.25) is 0 Å². The molecule has 0 fully saturated rings. The van der Waals surface area contributed by atoms with E-state index in [1.54, 1.807) is 7.11 Å². The quantitative estimate of drug-likeness (QED) is 0.673. The lowest BCUT2D eigenvalue weighted by Crippen LogP contribution is -2.05. The summed E-state index contributed by atoms with van der Waals surface area (Å²) < 4.78 is 7.05. The van der Waals surface area contributed by atoms with E-state index < -0.39 is 0 Å². The van der Waals surface area contributed by atoms with Gasteiger partial charge in [-0.1, -0.05) is 42.5 Å². The molecular weight excluding hydrogens is 288 g/mol. The number of hydrogen-bond donors (Lipinski definition) is 0. The predicted molar refractivity (Wildman–Crippen MR) is 89.8 cm³/mol. The van der Waals surface area contributed by atoms with Gasteiger partial charge in [0.15, 0.2) is 5.78 Å². The first-order valence-electron chi connectivity index (χ1n) is 7.44. The number of carbonyl (C=O) groups excluding carboxylic acids is 1. The lowest BCUT2D eigenvalue weighted by atomic mass is 10.1. The van der Waals surface area contributed by atoms with Crippen molar-refractivity contribution in [2.24, 2.45) is 0 Å². The third-order valence-electron chi connectivity index (χ3n) is 3.70. The summed E-state index contributed by atoms with van der Waals surface area (Å²) in [5.41, 5.74) is 3.56. The molecule has 0 atom stereocenters. The molecule has 4 nitrogen and oxygen atoms in total. The van der Waals surface area contributed by atoms with Crippen LogP contribution in [-0.2, 0) is 6.54 Å². The lowest BCUT2D eigenvalue weighted by molar-refractivity contribution is 0.101. The normalized spacial score (nSPS) is 10.5. The summed E-state index contributed by atoms with van der Waals surface area (Å²) in [6, 6.07) is 19.7. The first-order chi connectivity index (χ1) is 11.2. The molecule has 2 aromatic carbocycles. The summed E-state index contributed by atoms with van der Waals surface area (Å²) in [5, 5.41) is 4.46. The van der Waals surface area contributed by atoms with E-state index in [1.807, 2.05) is 65.3 Å². The zero-order valence-electron chi connectivity index (χ0n) is 13.2. The molecule has 0 N–H and O–H groups in total. The summed E-state index contributed by atoms with van der Waals surface area (Å²) in [4.78, 5) is 11.7. The molecule has 0 saturated heterocycles. The molecule has 1 aromatic heterocycles. The minimum absolute atomic E-state index is 0.0318. The summed E-state index contributed by atoms with van der Waals surface area (Å²) >= 11 is 0. The Morgan fingerprint density at radius 3 is 2.39 bits per heavy atom. The second-order valence-corrected chi connectivity index (χ2v) is 5.34. The fourth-order valence-electron chi connectivity index (χ4n) is 2.45. The fraction of sp³-hybridized carbons (Fsp3) is 0.158. The second kappa shape index (κ2) is 6.48. The number of aromatic nitrogens is 2. The van der Waals surface area contributed by atoms with E-state index in [4.69, 9.17) is 4.74 Å². The molecule has 116 valence electrons. The number of Topliss-reactive ketones (excluding diaryl/α,β-unsaturated/α-hetero) is 1. The molecule has 0 spiro atoms. The molecule has 4 heteroatoms. The van der Waals surface area contributed by atoms with Gasteiger partial charge in [0.25, 0.3) is 0 Å². The molecule has 23 heavy (non-hydrogen) atoms. The lowest BCUT2D eigenvalue weighted by Gasteiger charge is -2.08. The van der Waals surface area contributed by atoms with Crippen molar-refractivity contribution in [3.63, 3.8) is 0 Å². The standard InChI is InChI=1S/C19H18N2O2/c1-14(22)18-12-19(16-6-4-3-5-7-16)21(20-18)13-15-8-10-17(23-2)11-9-15/h3-12H,13H2,1-2H3. The van der Waals surface area contributed by atoms with Gasteiger partial charge >= 0.3 is 0 Å². The molecule has 1 heterocycles. The van der Waals surface area contributed by atoms with Crippen molar-refractivity contribution in [2.45, 2.75) is 13.5 Å². The van der Waals surface area contributed by atoms with E-state index in [0.29, 0.717) is 12.2 Å². The van der Waals surface area contributed by atoms with Gasteiger partial charge in [-0.05, 0) is 29.3 Å². The van der Waals surface area contributed by atoms with Crippen LogP contribution in [0.2, 0.25) is 0 Å². The summed E-state index contributed by atoms with van der Waals surface area (Å²) in [7, 11) is 1.65. The zero-order chi connectivity index (χ0) is 16.2. The number of benzene rings is 2. The number of rotatable bonds is 5. The van der Waals surface area contributed by atoms with Gasteiger partial charge < -0.3 is 4.74 Å². The SMILES string of the molecule is COc1ccc(Cn2nc(C(C)=O)cc2-c2ccccc2)cc1. The highest BCUT2D eigenvalue weighted by atomic mass is 16.5.